The predicted octanol–water partition coefficient (Wildman–Crippen LogP) is 8.62. The SMILES string of the molecule is CCCCCC1CCC(C2CCC(CCCC)(OC(=O)C3CCCCC3)CC2)CC1. The first-order valence-corrected chi connectivity index (χ1v) is 13.9. The molecule has 0 saturated heterocycles. The molecule has 0 amide bonds. The van der Waals surface area contributed by atoms with Gasteiger partial charge in [0.2, 0.25) is 0 Å². The lowest BCUT2D eigenvalue weighted by Crippen LogP contribution is -2.42. The second-order valence-corrected chi connectivity index (χ2v) is 11.2. The highest BCUT2D eigenvalue weighted by Crippen LogP contribution is 2.46. The molecule has 0 unspecified atom stereocenters. The average Bonchev–Trinajstić information content (AvgIpc) is 2.79. The van der Waals surface area contributed by atoms with Gasteiger partial charge in [0.25, 0.3) is 0 Å². The normalized spacial score (nSPS) is 33.3. The first kappa shape index (κ1) is 24.1. The molecule has 0 aliphatic heterocycles. The fraction of sp³-hybridized carbons (Fsp3) is 0.964. The summed E-state index contributed by atoms with van der Waals surface area (Å²) in [5.74, 6) is 3.20. The number of carbonyl (C=O) groups excluding carboxylic acids is 1. The zero-order valence-corrected chi connectivity index (χ0v) is 20.3. The molecule has 3 aliphatic rings. The van der Waals surface area contributed by atoms with E-state index in [1.807, 2.05) is 0 Å². The van der Waals surface area contributed by atoms with E-state index in [9.17, 15) is 4.79 Å². The van der Waals surface area contributed by atoms with Crippen molar-refractivity contribution < 1.29 is 9.53 Å². The minimum Gasteiger partial charge on any atom is -0.459 e. The van der Waals surface area contributed by atoms with E-state index in [0.29, 0.717) is 0 Å². The molecular formula is C28H50O2. The Morgan fingerprint density at radius 3 is 2.03 bits per heavy atom. The van der Waals surface area contributed by atoms with E-state index in [1.165, 1.54) is 96.3 Å². The highest BCUT2D eigenvalue weighted by atomic mass is 16.6. The van der Waals surface area contributed by atoms with Crippen LogP contribution in [0, 0.1) is 23.7 Å². The molecule has 0 atom stereocenters. The summed E-state index contributed by atoms with van der Waals surface area (Å²) in [4.78, 5) is 12.9. The summed E-state index contributed by atoms with van der Waals surface area (Å²) in [6.07, 6.45) is 25.8. The van der Waals surface area contributed by atoms with E-state index in [-0.39, 0.29) is 17.5 Å². The van der Waals surface area contributed by atoms with Crippen molar-refractivity contribution in [2.75, 3.05) is 0 Å². The lowest BCUT2D eigenvalue weighted by molar-refractivity contribution is -0.172. The van der Waals surface area contributed by atoms with E-state index < -0.39 is 0 Å². The first-order chi connectivity index (χ1) is 14.7. The van der Waals surface area contributed by atoms with Gasteiger partial charge < -0.3 is 4.74 Å². The third-order valence-corrected chi connectivity index (χ3v) is 8.96. The van der Waals surface area contributed by atoms with Gasteiger partial charge in [-0.1, -0.05) is 78.1 Å². The Morgan fingerprint density at radius 1 is 0.767 bits per heavy atom. The number of hydrogen-bond donors (Lipinski definition) is 0. The molecule has 0 bridgehead atoms. The van der Waals surface area contributed by atoms with E-state index in [2.05, 4.69) is 13.8 Å². The molecule has 3 saturated carbocycles. The van der Waals surface area contributed by atoms with Crippen molar-refractivity contribution in [3.8, 4) is 0 Å². The molecule has 0 aromatic rings. The second kappa shape index (κ2) is 12.5. The van der Waals surface area contributed by atoms with Crippen LogP contribution >= 0.6 is 0 Å². The smallest absolute Gasteiger partial charge is 0.309 e. The zero-order chi connectivity index (χ0) is 21.2. The van der Waals surface area contributed by atoms with Gasteiger partial charge >= 0.3 is 5.97 Å². The third kappa shape index (κ3) is 6.99. The van der Waals surface area contributed by atoms with Gasteiger partial charge in [0, 0.05) is 0 Å². The molecule has 3 rings (SSSR count). The van der Waals surface area contributed by atoms with Crippen molar-refractivity contribution >= 4 is 5.97 Å². The monoisotopic (exact) mass is 418 g/mol. The Bertz CT molecular complexity index is 477. The van der Waals surface area contributed by atoms with Crippen LogP contribution < -0.4 is 0 Å². The van der Waals surface area contributed by atoms with Crippen LogP contribution in [0.2, 0.25) is 0 Å². The van der Waals surface area contributed by atoms with Crippen LogP contribution in [0.3, 0.4) is 0 Å². The summed E-state index contributed by atoms with van der Waals surface area (Å²) < 4.78 is 6.39. The van der Waals surface area contributed by atoms with Crippen LogP contribution in [0.5, 0.6) is 0 Å². The van der Waals surface area contributed by atoms with Crippen LogP contribution in [-0.2, 0) is 9.53 Å². The maximum Gasteiger partial charge on any atom is 0.309 e. The van der Waals surface area contributed by atoms with Gasteiger partial charge in [-0.05, 0) is 82.0 Å². The number of hydrogen-bond acceptors (Lipinski definition) is 2. The number of rotatable bonds is 10. The molecule has 0 heterocycles. The quantitative estimate of drug-likeness (QED) is 0.262. The number of ether oxygens (including phenoxy) is 1. The van der Waals surface area contributed by atoms with Crippen LogP contribution in [0.25, 0.3) is 0 Å². The van der Waals surface area contributed by atoms with Crippen molar-refractivity contribution in [3.63, 3.8) is 0 Å². The number of esters is 1. The molecule has 2 nitrogen and oxygen atoms in total. The van der Waals surface area contributed by atoms with E-state index in [0.717, 1.165) is 49.9 Å². The van der Waals surface area contributed by atoms with Crippen molar-refractivity contribution in [2.24, 2.45) is 23.7 Å². The number of carbonyl (C=O) groups is 1. The number of unbranched alkanes of at least 4 members (excludes halogenated alkanes) is 3. The van der Waals surface area contributed by atoms with Crippen molar-refractivity contribution in [2.45, 2.75) is 148 Å². The Hall–Kier alpha value is -0.530. The second-order valence-electron chi connectivity index (χ2n) is 11.2. The lowest BCUT2D eigenvalue weighted by atomic mass is 9.67. The minimum absolute atomic E-state index is 0.127. The first-order valence-electron chi connectivity index (χ1n) is 13.9. The van der Waals surface area contributed by atoms with Gasteiger partial charge in [0.15, 0.2) is 0 Å². The topological polar surface area (TPSA) is 26.3 Å². The minimum atomic E-state index is -0.127. The maximum absolute atomic E-state index is 12.9. The molecule has 0 aromatic heterocycles. The Labute approximate surface area is 187 Å². The van der Waals surface area contributed by atoms with E-state index in [4.69, 9.17) is 4.74 Å². The van der Waals surface area contributed by atoms with Crippen LogP contribution in [0.4, 0.5) is 0 Å². The van der Waals surface area contributed by atoms with Crippen LogP contribution in [0.1, 0.15) is 142 Å². The third-order valence-electron chi connectivity index (χ3n) is 8.96. The molecule has 3 aliphatic carbocycles. The highest BCUT2D eigenvalue weighted by Gasteiger charge is 2.41. The predicted molar refractivity (Wildman–Crippen MR) is 126 cm³/mol. The standard InChI is InChI=1S/C28H50O2/c1-3-5-8-11-23-14-16-24(17-15-23)25-18-21-28(22-19-25,20-6-4-2)30-27(29)26-12-9-7-10-13-26/h23-26H,3-22H2,1-2H3. The van der Waals surface area contributed by atoms with Crippen LogP contribution in [-0.4, -0.2) is 11.6 Å². The van der Waals surface area contributed by atoms with Crippen molar-refractivity contribution in [3.05, 3.63) is 0 Å². The summed E-state index contributed by atoms with van der Waals surface area (Å²) in [5, 5.41) is 0. The summed E-state index contributed by atoms with van der Waals surface area (Å²) in [6.45, 7) is 4.58. The van der Waals surface area contributed by atoms with Crippen molar-refractivity contribution in [1.82, 2.24) is 0 Å². The van der Waals surface area contributed by atoms with E-state index in [1.54, 1.807) is 0 Å². The molecule has 3 fully saturated rings. The zero-order valence-electron chi connectivity index (χ0n) is 20.3. The fourth-order valence-electron chi connectivity index (χ4n) is 6.81. The van der Waals surface area contributed by atoms with Gasteiger partial charge in [-0.25, -0.2) is 0 Å². The van der Waals surface area contributed by atoms with Crippen molar-refractivity contribution in [1.29, 1.82) is 0 Å². The molecule has 174 valence electrons. The highest BCUT2D eigenvalue weighted by molar-refractivity contribution is 5.73. The molecule has 2 heteroatoms. The molecule has 30 heavy (non-hydrogen) atoms. The Kier molecular flexibility index (Phi) is 10.0. The summed E-state index contributed by atoms with van der Waals surface area (Å²) in [6, 6.07) is 0. The summed E-state index contributed by atoms with van der Waals surface area (Å²) in [5.41, 5.74) is -0.127. The summed E-state index contributed by atoms with van der Waals surface area (Å²) >= 11 is 0. The van der Waals surface area contributed by atoms with Gasteiger partial charge in [0.1, 0.15) is 5.60 Å². The average molecular weight is 419 g/mol. The van der Waals surface area contributed by atoms with E-state index >= 15 is 0 Å². The molecule has 0 spiro atoms. The maximum atomic E-state index is 12.9. The fourth-order valence-corrected chi connectivity index (χ4v) is 6.81. The molecule has 0 radical (unpaired) electrons. The Balaban J connectivity index is 1.47. The van der Waals surface area contributed by atoms with Gasteiger partial charge in [0.05, 0.1) is 5.92 Å². The van der Waals surface area contributed by atoms with Gasteiger partial charge in [-0.3, -0.25) is 4.79 Å². The van der Waals surface area contributed by atoms with Gasteiger partial charge in [-0.15, -0.1) is 0 Å². The molecular weight excluding hydrogens is 368 g/mol. The Morgan fingerprint density at radius 2 is 1.40 bits per heavy atom. The molecule has 0 N–H and O–H groups in total. The largest absolute Gasteiger partial charge is 0.459 e. The van der Waals surface area contributed by atoms with Gasteiger partial charge in [-0.2, -0.15) is 0 Å². The molecule has 0 aromatic carbocycles. The van der Waals surface area contributed by atoms with Crippen LogP contribution in [0.15, 0.2) is 0 Å². The summed E-state index contributed by atoms with van der Waals surface area (Å²) in [7, 11) is 0. The lowest BCUT2D eigenvalue weighted by Gasteiger charge is -2.44.